The summed E-state index contributed by atoms with van der Waals surface area (Å²) in [4.78, 5) is 34.9. The summed E-state index contributed by atoms with van der Waals surface area (Å²) in [5, 5.41) is 18.9. The molecule has 1 aromatic heterocycles. The molecule has 0 bridgehead atoms. The van der Waals surface area contributed by atoms with Gasteiger partial charge in [-0.25, -0.2) is 0 Å². The summed E-state index contributed by atoms with van der Waals surface area (Å²) < 4.78 is 11.1. The number of hydrogen-bond donors (Lipinski definition) is 3. The van der Waals surface area contributed by atoms with Crippen LogP contribution in [0.3, 0.4) is 0 Å². The molecule has 1 aromatic carbocycles. The van der Waals surface area contributed by atoms with Crippen LogP contribution in [-0.2, 0) is 16.0 Å². The molecule has 12 heteroatoms. The molecule has 0 spiro atoms. The van der Waals surface area contributed by atoms with Gasteiger partial charge in [0, 0.05) is 12.5 Å². The highest BCUT2D eigenvalue weighted by Crippen LogP contribution is 2.29. The molecular weight excluding hydrogens is 390 g/mol. The molecule has 0 atom stereocenters. The average Bonchev–Trinajstić information content (AvgIpc) is 2.68. The molecule has 0 fully saturated rings. The Hall–Kier alpha value is -3.28. The number of nitrogen functional groups attached to an aromatic ring is 1. The molecule has 1 amide bonds. The van der Waals surface area contributed by atoms with Gasteiger partial charge in [0.15, 0.2) is 0 Å². The van der Waals surface area contributed by atoms with E-state index in [1.165, 1.54) is 14.2 Å². The number of amides is 1. The van der Waals surface area contributed by atoms with E-state index in [4.69, 9.17) is 20.4 Å². The van der Waals surface area contributed by atoms with Gasteiger partial charge in [0.2, 0.25) is 11.1 Å². The van der Waals surface area contributed by atoms with Crippen LogP contribution < -0.4 is 26.2 Å². The van der Waals surface area contributed by atoms with Crippen LogP contribution in [0.4, 0.5) is 5.69 Å². The lowest BCUT2D eigenvalue weighted by Crippen LogP contribution is -2.34. The summed E-state index contributed by atoms with van der Waals surface area (Å²) in [7, 11) is 2.98. The number of nitrogens with zero attached hydrogens (tertiary/aromatic N) is 3. The molecule has 4 N–H and O–H groups in total. The van der Waals surface area contributed by atoms with Gasteiger partial charge in [-0.05, 0) is 12.1 Å². The van der Waals surface area contributed by atoms with Crippen molar-refractivity contribution in [2.45, 2.75) is 18.0 Å². The number of carbonyl (C=O) groups excluding carboxylic acids is 1. The van der Waals surface area contributed by atoms with Crippen molar-refractivity contribution in [2.24, 2.45) is 0 Å². The second-order valence-corrected chi connectivity index (χ2v) is 6.34. The number of rotatable bonds is 9. The van der Waals surface area contributed by atoms with Crippen molar-refractivity contribution < 1.29 is 24.2 Å². The van der Waals surface area contributed by atoms with Gasteiger partial charge < -0.3 is 25.7 Å². The predicted octanol–water partition coefficient (Wildman–Crippen LogP) is 0.117. The Labute approximate surface area is 163 Å². The Morgan fingerprint density at radius 1 is 1.29 bits per heavy atom. The minimum Gasteiger partial charge on any atom is -0.497 e. The molecular formula is C16H19N5O6S. The first-order valence-electron chi connectivity index (χ1n) is 7.95. The van der Waals surface area contributed by atoms with E-state index in [1.807, 2.05) is 0 Å². The topological polar surface area (TPSA) is 159 Å². The van der Waals surface area contributed by atoms with E-state index in [9.17, 15) is 14.4 Å². The number of ether oxygens (including phenoxy) is 2. The third kappa shape index (κ3) is 5.36. The zero-order valence-corrected chi connectivity index (χ0v) is 16.0. The van der Waals surface area contributed by atoms with Crippen molar-refractivity contribution in [3.8, 4) is 11.5 Å². The van der Waals surface area contributed by atoms with Crippen molar-refractivity contribution >= 4 is 29.3 Å². The Bertz CT molecular complexity index is 932. The van der Waals surface area contributed by atoms with E-state index in [-0.39, 0.29) is 35.4 Å². The van der Waals surface area contributed by atoms with Gasteiger partial charge in [-0.1, -0.05) is 11.8 Å². The van der Waals surface area contributed by atoms with Crippen molar-refractivity contribution in [1.29, 1.82) is 0 Å². The number of anilines is 1. The standard InChI is InChI=1S/C16H19N5O6S/c1-26-9-3-5-12(27-2)11(7-9)18-13(22)8-28-16-20-19-10(4-6-14(23)24)15(25)21(16)17/h3,5,7H,4,6,8,17H2,1-2H3,(H,18,22)(H,23,24). The largest absolute Gasteiger partial charge is 0.497 e. The fraction of sp³-hybridized carbons (Fsp3) is 0.312. The van der Waals surface area contributed by atoms with Gasteiger partial charge >= 0.3 is 5.97 Å². The zero-order chi connectivity index (χ0) is 20.7. The lowest BCUT2D eigenvalue weighted by molar-refractivity contribution is -0.137. The fourth-order valence-corrected chi connectivity index (χ4v) is 2.78. The normalized spacial score (nSPS) is 10.4. The Kier molecular flexibility index (Phi) is 7.21. The molecule has 1 heterocycles. The van der Waals surface area contributed by atoms with Crippen LogP contribution in [-0.4, -0.2) is 51.8 Å². The molecule has 0 aliphatic heterocycles. The summed E-state index contributed by atoms with van der Waals surface area (Å²) in [6, 6.07) is 4.95. The van der Waals surface area contributed by atoms with Crippen molar-refractivity contribution in [1.82, 2.24) is 14.9 Å². The molecule has 2 aromatic rings. The van der Waals surface area contributed by atoms with Crippen molar-refractivity contribution in [3.05, 3.63) is 34.2 Å². The number of carboxylic acid groups (broad SMARTS) is 1. The summed E-state index contributed by atoms with van der Waals surface area (Å²) in [6.07, 6.45) is -0.347. The monoisotopic (exact) mass is 409 g/mol. The highest BCUT2D eigenvalue weighted by Gasteiger charge is 2.15. The number of carbonyl (C=O) groups is 2. The predicted molar refractivity (Wildman–Crippen MR) is 101 cm³/mol. The molecule has 0 unspecified atom stereocenters. The number of thioether (sulfide) groups is 1. The lowest BCUT2D eigenvalue weighted by atomic mass is 10.2. The van der Waals surface area contributed by atoms with E-state index in [2.05, 4.69) is 15.5 Å². The van der Waals surface area contributed by atoms with E-state index in [0.29, 0.717) is 17.2 Å². The van der Waals surface area contributed by atoms with Crippen LogP contribution in [0.2, 0.25) is 0 Å². The van der Waals surface area contributed by atoms with Crippen LogP contribution in [0.5, 0.6) is 11.5 Å². The van der Waals surface area contributed by atoms with E-state index < -0.39 is 11.5 Å². The molecule has 2 rings (SSSR count). The van der Waals surface area contributed by atoms with Gasteiger partial charge in [0.05, 0.1) is 32.1 Å². The van der Waals surface area contributed by atoms with Crippen LogP contribution >= 0.6 is 11.8 Å². The maximum Gasteiger partial charge on any atom is 0.303 e. The number of aryl methyl sites for hydroxylation is 1. The van der Waals surface area contributed by atoms with E-state index in [1.54, 1.807) is 18.2 Å². The third-order valence-corrected chi connectivity index (χ3v) is 4.46. The molecule has 11 nitrogen and oxygen atoms in total. The molecule has 28 heavy (non-hydrogen) atoms. The van der Waals surface area contributed by atoms with Crippen LogP contribution in [0.1, 0.15) is 12.1 Å². The Morgan fingerprint density at radius 3 is 2.68 bits per heavy atom. The van der Waals surface area contributed by atoms with Gasteiger partial charge in [-0.2, -0.15) is 4.68 Å². The zero-order valence-electron chi connectivity index (χ0n) is 15.2. The SMILES string of the molecule is COc1ccc(OC)c(NC(=O)CSc2nnc(CCC(=O)O)c(=O)n2N)c1. The number of nitrogens with two attached hydrogens (primary N) is 1. The van der Waals surface area contributed by atoms with Crippen molar-refractivity contribution in [3.63, 3.8) is 0 Å². The molecule has 150 valence electrons. The van der Waals surface area contributed by atoms with E-state index in [0.717, 1.165) is 16.4 Å². The molecule has 0 aliphatic rings. The highest BCUT2D eigenvalue weighted by atomic mass is 32.2. The first-order valence-corrected chi connectivity index (χ1v) is 8.94. The minimum atomic E-state index is -1.06. The number of aromatic nitrogens is 3. The molecule has 0 aliphatic carbocycles. The second-order valence-electron chi connectivity index (χ2n) is 5.40. The number of benzene rings is 1. The summed E-state index contributed by atoms with van der Waals surface area (Å²) in [6.45, 7) is 0. The summed E-state index contributed by atoms with van der Waals surface area (Å²) in [5.74, 6) is 5.13. The van der Waals surface area contributed by atoms with Gasteiger partial charge in [-0.3, -0.25) is 14.4 Å². The highest BCUT2D eigenvalue weighted by molar-refractivity contribution is 7.99. The number of carboxylic acids is 1. The van der Waals surface area contributed by atoms with Gasteiger partial charge in [0.1, 0.15) is 17.2 Å². The Morgan fingerprint density at radius 2 is 2.04 bits per heavy atom. The Balaban J connectivity index is 2.04. The van der Waals surface area contributed by atoms with Crippen LogP contribution in [0.25, 0.3) is 0 Å². The number of methoxy groups -OCH3 is 2. The summed E-state index contributed by atoms with van der Waals surface area (Å²) >= 11 is 0.909. The average molecular weight is 409 g/mol. The van der Waals surface area contributed by atoms with Gasteiger partial charge in [0.25, 0.3) is 5.56 Å². The maximum absolute atomic E-state index is 12.2. The fourth-order valence-electron chi connectivity index (χ4n) is 2.13. The summed E-state index contributed by atoms with van der Waals surface area (Å²) in [5.41, 5.74) is -0.291. The molecule has 0 saturated heterocycles. The van der Waals surface area contributed by atoms with Crippen LogP contribution in [0.15, 0.2) is 28.2 Å². The quantitative estimate of drug-likeness (QED) is 0.383. The van der Waals surface area contributed by atoms with Crippen LogP contribution in [0, 0.1) is 0 Å². The first-order chi connectivity index (χ1) is 13.3. The third-order valence-electron chi connectivity index (χ3n) is 3.52. The molecule has 0 radical (unpaired) electrons. The number of hydrogen-bond acceptors (Lipinski definition) is 9. The van der Waals surface area contributed by atoms with E-state index >= 15 is 0 Å². The van der Waals surface area contributed by atoms with Crippen molar-refractivity contribution in [2.75, 3.05) is 31.1 Å². The minimum absolute atomic E-state index is 0.0248. The first kappa shape index (κ1) is 21.0. The second kappa shape index (κ2) is 9.60. The maximum atomic E-state index is 12.2. The molecule has 0 saturated carbocycles. The lowest BCUT2D eigenvalue weighted by Gasteiger charge is -2.12. The number of aliphatic carboxylic acids is 1. The van der Waals surface area contributed by atoms with Gasteiger partial charge in [-0.15, -0.1) is 10.2 Å². The number of nitrogens with one attached hydrogen (secondary N) is 1. The smallest absolute Gasteiger partial charge is 0.303 e.